The van der Waals surface area contributed by atoms with Gasteiger partial charge >= 0.3 is 0 Å². The third-order valence-electron chi connectivity index (χ3n) is 4.60. The van der Waals surface area contributed by atoms with E-state index in [1.165, 1.54) is 5.56 Å². The van der Waals surface area contributed by atoms with Crippen molar-refractivity contribution >= 4 is 11.8 Å². The van der Waals surface area contributed by atoms with Crippen LogP contribution in [-0.4, -0.2) is 39.6 Å². The van der Waals surface area contributed by atoms with Crippen LogP contribution in [0.2, 0.25) is 0 Å². The number of hydrogen-bond donors (Lipinski definition) is 0. The second kappa shape index (κ2) is 6.30. The number of pyridine rings is 1. The Morgan fingerprint density at radius 1 is 1.39 bits per heavy atom. The van der Waals surface area contributed by atoms with Gasteiger partial charge in [0.2, 0.25) is 0 Å². The summed E-state index contributed by atoms with van der Waals surface area (Å²) in [5.41, 5.74) is 3.35. The molecule has 1 spiro atoms. The molecule has 0 radical (unpaired) electrons. The zero-order valence-electron chi connectivity index (χ0n) is 13.4. The van der Waals surface area contributed by atoms with Crippen molar-refractivity contribution in [1.29, 1.82) is 0 Å². The topological polar surface area (TPSA) is 38.5 Å². The fourth-order valence-electron chi connectivity index (χ4n) is 3.53. The molecule has 2 aliphatic rings. The zero-order chi connectivity index (χ0) is 15.7. The first kappa shape index (κ1) is 15.2. The molecule has 2 saturated heterocycles. The lowest BCUT2D eigenvalue weighted by molar-refractivity contribution is 0.0250. The quantitative estimate of drug-likeness (QED) is 0.841. The third kappa shape index (κ3) is 3.47. The van der Waals surface area contributed by atoms with E-state index in [-0.39, 0.29) is 0 Å². The summed E-state index contributed by atoms with van der Waals surface area (Å²) in [6.45, 7) is 5.96. The van der Waals surface area contributed by atoms with Crippen molar-refractivity contribution in [2.45, 2.75) is 37.3 Å². The molecule has 23 heavy (non-hydrogen) atoms. The van der Waals surface area contributed by atoms with Crippen molar-refractivity contribution in [3.63, 3.8) is 0 Å². The predicted octanol–water partition coefficient (Wildman–Crippen LogP) is 3.26. The number of aryl methyl sites for hydroxylation is 1. The maximum absolute atomic E-state index is 6.10. The Morgan fingerprint density at radius 2 is 2.30 bits per heavy atom. The van der Waals surface area contributed by atoms with Crippen molar-refractivity contribution in [2.75, 3.05) is 18.8 Å². The standard InChI is InChI=1S/C18H22N2O2S/c1-14-3-2-4-16(19-14)10-22-17-7-18(23-11-17)12-20(13-18)8-15-5-6-21-9-15/h2-6,9,17H,7-8,10-13H2,1H3. The number of rotatable bonds is 5. The first-order valence-electron chi connectivity index (χ1n) is 8.12. The summed E-state index contributed by atoms with van der Waals surface area (Å²) in [4.78, 5) is 7.00. The second-order valence-corrected chi connectivity index (χ2v) is 8.17. The molecule has 0 N–H and O–H groups in total. The first-order chi connectivity index (χ1) is 11.2. The highest BCUT2D eigenvalue weighted by Crippen LogP contribution is 2.46. The summed E-state index contributed by atoms with van der Waals surface area (Å²) in [6.07, 6.45) is 5.11. The first-order valence-corrected chi connectivity index (χ1v) is 9.11. The van der Waals surface area contributed by atoms with Gasteiger partial charge in [0.05, 0.1) is 30.9 Å². The molecule has 1 unspecified atom stereocenters. The van der Waals surface area contributed by atoms with Crippen LogP contribution < -0.4 is 0 Å². The number of nitrogens with zero attached hydrogens (tertiary/aromatic N) is 2. The van der Waals surface area contributed by atoms with Crippen LogP contribution in [-0.2, 0) is 17.9 Å². The lowest BCUT2D eigenvalue weighted by Crippen LogP contribution is -2.58. The smallest absolute Gasteiger partial charge is 0.0947 e. The summed E-state index contributed by atoms with van der Waals surface area (Å²) in [7, 11) is 0. The Morgan fingerprint density at radius 3 is 3.09 bits per heavy atom. The molecule has 4 nitrogen and oxygen atoms in total. The number of ether oxygens (including phenoxy) is 1. The van der Waals surface area contributed by atoms with Crippen molar-refractivity contribution in [3.8, 4) is 0 Å². The monoisotopic (exact) mass is 330 g/mol. The summed E-state index contributed by atoms with van der Waals surface area (Å²) in [6, 6.07) is 8.16. The van der Waals surface area contributed by atoms with Crippen LogP contribution in [0.25, 0.3) is 0 Å². The Balaban J connectivity index is 1.24. The maximum atomic E-state index is 6.10. The molecular weight excluding hydrogens is 308 g/mol. The van der Waals surface area contributed by atoms with Crippen molar-refractivity contribution < 1.29 is 9.15 Å². The number of hydrogen-bond acceptors (Lipinski definition) is 5. The van der Waals surface area contributed by atoms with Crippen molar-refractivity contribution in [3.05, 3.63) is 53.7 Å². The van der Waals surface area contributed by atoms with Gasteiger partial charge in [-0.1, -0.05) is 6.07 Å². The van der Waals surface area contributed by atoms with E-state index in [2.05, 4.69) is 21.6 Å². The van der Waals surface area contributed by atoms with Crippen LogP contribution in [0.3, 0.4) is 0 Å². The van der Waals surface area contributed by atoms with Gasteiger partial charge in [0, 0.05) is 41.4 Å². The van der Waals surface area contributed by atoms with Gasteiger partial charge in [-0.3, -0.25) is 9.88 Å². The normalized spacial score (nSPS) is 23.3. The Kier molecular flexibility index (Phi) is 4.18. The van der Waals surface area contributed by atoms with E-state index in [1.807, 2.05) is 37.5 Å². The van der Waals surface area contributed by atoms with Gasteiger partial charge in [-0.05, 0) is 31.5 Å². The van der Waals surface area contributed by atoms with Gasteiger partial charge in [0.15, 0.2) is 0 Å². The van der Waals surface area contributed by atoms with Crippen LogP contribution in [0.1, 0.15) is 23.4 Å². The summed E-state index contributed by atoms with van der Waals surface area (Å²) >= 11 is 2.08. The largest absolute Gasteiger partial charge is 0.472 e. The summed E-state index contributed by atoms with van der Waals surface area (Å²) in [5.74, 6) is 1.10. The molecule has 0 bridgehead atoms. The van der Waals surface area contributed by atoms with Crippen LogP contribution in [0.4, 0.5) is 0 Å². The van der Waals surface area contributed by atoms with E-state index in [9.17, 15) is 0 Å². The van der Waals surface area contributed by atoms with Crippen LogP contribution >= 0.6 is 11.8 Å². The molecule has 0 aromatic carbocycles. The Labute approximate surface area is 141 Å². The summed E-state index contributed by atoms with van der Waals surface area (Å²) < 4.78 is 11.7. The highest BCUT2D eigenvalue weighted by Gasteiger charge is 2.49. The van der Waals surface area contributed by atoms with Gasteiger partial charge in [-0.2, -0.15) is 0 Å². The van der Waals surface area contributed by atoms with E-state index >= 15 is 0 Å². The number of aromatic nitrogens is 1. The predicted molar refractivity (Wildman–Crippen MR) is 91.3 cm³/mol. The van der Waals surface area contributed by atoms with E-state index in [1.54, 1.807) is 6.26 Å². The van der Waals surface area contributed by atoms with E-state index in [4.69, 9.17) is 9.15 Å². The molecule has 4 heterocycles. The van der Waals surface area contributed by atoms with Gasteiger partial charge in [0.1, 0.15) is 0 Å². The SMILES string of the molecule is Cc1cccc(COC2CSC3(C2)CN(Cc2ccoc2)C3)n1. The molecule has 0 saturated carbocycles. The van der Waals surface area contributed by atoms with Gasteiger partial charge in [-0.15, -0.1) is 11.8 Å². The minimum Gasteiger partial charge on any atom is -0.472 e. The van der Waals surface area contributed by atoms with Crippen LogP contribution in [0.5, 0.6) is 0 Å². The molecule has 2 aromatic heterocycles. The highest BCUT2D eigenvalue weighted by atomic mass is 32.2. The zero-order valence-corrected chi connectivity index (χ0v) is 14.2. The molecular formula is C18H22N2O2S. The average molecular weight is 330 g/mol. The molecule has 0 aliphatic carbocycles. The lowest BCUT2D eigenvalue weighted by atomic mass is 9.92. The average Bonchev–Trinajstić information content (AvgIpc) is 3.15. The molecule has 1 atom stereocenters. The molecule has 4 rings (SSSR count). The van der Waals surface area contributed by atoms with Crippen LogP contribution in [0, 0.1) is 6.92 Å². The van der Waals surface area contributed by atoms with Crippen molar-refractivity contribution in [2.24, 2.45) is 0 Å². The molecule has 2 aromatic rings. The van der Waals surface area contributed by atoms with E-state index in [0.29, 0.717) is 17.5 Å². The lowest BCUT2D eigenvalue weighted by Gasteiger charge is -2.47. The Bertz CT molecular complexity index is 653. The van der Waals surface area contributed by atoms with Gasteiger partial charge in [0.25, 0.3) is 0 Å². The molecule has 5 heteroatoms. The molecule has 0 amide bonds. The van der Waals surface area contributed by atoms with Crippen molar-refractivity contribution in [1.82, 2.24) is 9.88 Å². The maximum Gasteiger partial charge on any atom is 0.0947 e. The fraction of sp³-hybridized carbons (Fsp3) is 0.500. The minimum absolute atomic E-state index is 0.360. The number of likely N-dealkylation sites (tertiary alicyclic amines) is 1. The highest BCUT2D eigenvalue weighted by molar-refractivity contribution is 8.01. The molecule has 2 fully saturated rings. The van der Waals surface area contributed by atoms with E-state index in [0.717, 1.165) is 43.2 Å². The number of thioether (sulfide) groups is 1. The summed E-state index contributed by atoms with van der Waals surface area (Å²) in [5, 5.41) is 0. The van der Waals surface area contributed by atoms with Gasteiger partial charge < -0.3 is 9.15 Å². The number of furan rings is 1. The molecule has 122 valence electrons. The van der Waals surface area contributed by atoms with E-state index < -0.39 is 0 Å². The fourth-order valence-corrected chi connectivity index (χ4v) is 5.14. The Hall–Kier alpha value is -1.30. The third-order valence-corrected chi connectivity index (χ3v) is 6.17. The van der Waals surface area contributed by atoms with Crippen LogP contribution in [0.15, 0.2) is 41.2 Å². The van der Waals surface area contributed by atoms with Gasteiger partial charge in [-0.25, -0.2) is 0 Å². The second-order valence-electron chi connectivity index (χ2n) is 6.68. The molecule has 2 aliphatic heterocycles. The minimum atomic E-state index is 0.360.